The lowest BCUT2D eigenvalue weighted by molar-refractivity contribution is 0.233. The van der Waals surface area contributed by atoms with Crippen LogP contribution in [0.1, 0.15) is 0 Å². The van der Waals surface area contributed by atoms with Crippen molar-refractivity contribution in [1.82, 2.24) is 0 Å². The second-order valence-corrected chi connectivity index (χ2v) is 8.00. The fraction of sp³-hybridized carbons (Fsp3) is 0.250. The van der Waals surface area contributed by atoms with Gasteiger partial charge in [-0.05, 0) is 24.3 Å². The summed E-state index contributed by atoms with van der Waals surface area (Å²) in [5, 5.41) is 0. The maximum absolute atomic E-state index is 11.6. The molecule has 0 aromatic heterocycles. The molecule has 2 rings (SSSR count). The summed E-state index contributed by atoms with van der Waals surface area (Å²) in [7, 11) is -3.92. The van der Waals surface area contributed by atoms with E-state index >= 15 is 0 Å². The van der Waals surface area contributed by atoms with Crippen molar-refractivity contribution in [2.75, 3.05) is 24.7 Å². The molecule has 0 atom stereocenters. The van der Waals surface area contributed by atoms with E-state index in [4.69, 9.17) is 8.37 Å². The summed E-state index contributed by atoms with van der Waals surface area (Å²) in [6.45, 7) is 0.182. The van der Waals surface area contributed by atoms with Crippen LogP contribution in [-0.2, 0) is 18.8 Å². The van der Waals surface area contributed by atoms with Gasteiger partial charge in [-0.25, -0.2) is 8.37 Å². The third kappa shape index (κ3) is 7.90. The number of hydrogen-bond donors (Lipinski definition) is 0. The van der Waals surface area contributed by atoms with Crippen LogP contribution in [0, 0.1) is 0 Å². The molecule has 0 aliphatic heterocycles. The fourth-order valence-corrected chi connectivity index (χ4v) is 4.02. The third-order valence-electron chi connectivity index (χ3n) is 2.65. The van der Waals surface area contributed by atoms with Crippen molar-refractivity contribution in [3.63, 3.8) is 0 Å². The van der Waals surface area contributed by atoms with E-state index in [9.17, 15) is 8.42 Å². The first-order valence-corrected chi connectivity index (χ1v) is 10.4. The Bertz CT molecular complexity index is 607. The zero-order valence-corrected chi connectivity index (χ0v) is 14.9. The van der Waals surface area contributed by atoms with E-state index in [-0.39, 0.29) is 13.2 Å². The maximum atomic E-state index is 11.6. The predicted octanol–water partition coefficient (Wildman–Crippen LogP) is 3.85. The van der Waals surface area contributed by atoms with Gasteiger partial charge in [-0.2, -0.15) is 8.42 Å². The average Bonchev–Trinajstić information content (AvgIpc) is 2.58. The van der Waals surface area contributed by atoms with Gasteiger partial charge in [-0.3, -0.25) is 0 Å². The van der Waals surface area contributed by atoms with Gasteiger partial charge in [0.25, 0.3) is 0 Å². The van der Waals surface area contributed by atoms with Crippen LogP contribution in [0.25, 0.3) is 0 Å². The molecule has 4 nitrogen and oxygen atoms in total. The molecule has 0 saturated heterocycles. The Balaban J connectivity index is 1.59. The lowest BCUT2D eigenvalue weighted by Gasteiger charge is -2.06. The molecule has 0 bridgehead atoms. The summed E-state index contributed by atoms with van der Waals surface area (Å²) < 4.78 is 32.8. The summed E-state index contributed by atoms with van der Waals surface area (Å²) in [6, 6.07) is 19.5. The van der Waals surface area contributed by atoms with Gasteiger partial charge in [-0.1, -0.05) is 36.4 Å². The van der Waals surface area contributed by atoms with Crippen LogP contribution in [0.4, 0.5) is 0 Å². The molecule has 0 unspecified atom stereocenters. The molecule has 0 aliphatic rings. The number of hydrogen-bond acceptors (Lipinski definition) is 6. The predicted molar refractivity (Wildman–Crippen MR) is 95.2 cm³/mol. The second kappa shape index (κ2) is 10.00. The van der Waals surface area contributed by atoms with Crippen molar-refractivity contribution in [1.29, 1.82) is 0 Å². The van der Waals surface area contributed by atoms with Gasteiger partial charge >= 0.3 is 10.4 Å². The highest BCUT2D eigenvalue weighted by Gasteiger charge is 2.11. The SMILES string of the molecule is O=S(=O)(OCCSc1ccccc1)OCCSc1ccccc1. The Labute approximate surface area is 145 Å². The smallest absolute Gasteiger partial charge is 0.247 e. The van der Waals surface area contributed by atoms with E-state index in [2.05, 4.69) is 0 Å². The van der Waals surface area contributed by atoms with Crippen LogP contribution in [0.15, 0.2) is 70.5 Å². The largest absolute Gasteiger partial charge is 0.399 e. The minimum Gasteiger partial charge on any atom is -0.247 e. The van der Waals surface area contributed by atoms with Gasteiger partial charge < -0.3 is 0 Å². The van der Waals surface area contributed by atoms with E-state index in [1.54, 1.807) is 0 Å². The molecule has 0 saturated carbocycles. The molecule has 0 spiro atoms. The first-order chi connectivity index (χ1) is 11.2. The fourth-order valence-electron chi connectivity index (χ4n) is 1.66. The van der Waals surface area contributed by atoms with Crippen molar-refractivity contribution in [2.45, 2.75) is 9.79 Å². The highest BCUT2D eigenvalue weighted by molar-refractivity contribution is 7.99. The molecule has 23 heavy (non-hydrogen) atoms. The maximum Gasteiger partial charge on any atom is 0.399 e. The molecule has 124 valence electrons. The van der Waals surface area contributed by atoms with E-state index in [0.29, 0.717) is 11.5 Å². The van der Waals surface area contributed by atoms with E-state index in [1.807, 2.05) is 60.7 Å². The Kier molecular flexibility index (Phi) is 7.98. The lowest BCUT2D eigenvalue weighted by atomic mass is 10.4. The Morgan fingerprint density at radius 2 is 1.09 bits per heavy atom. The molecule has 0 radical (unpaired) electrons. The molecule has 0 N–H and O–H groups in total. The van der Waals surface area contributed by atoms with Gasteiger partial charge in [0.2, 0.25) is 0 Å². The lowest BCUT2D eigenvalue weighted by Crippen LogP contribution is -2.13. The molecule has 2 aromatic rings. The molecule has 0 fully saturated rings. The van der Waals surface area contributed by atoms with Crippen molar-refractivity contribution in [3.05, 3.63) is 60.7 Å². The minimum absolute atomic E-state index is 0.0910. The molecule has 0 aliphatic carbocycles. The van der Waals surface area contributed by atoms with Crippen molar-refractivity contribution in [3.8, 4) is 0 Å². The molecular formula is C16H18O4S3. The molecule has 0 heterocycles. The first kappa shape index (κ1) is 18.4. The number of thioether (sulfide) groups is 2. The quantitative estimate of drug-likeness (QED) is 0.468. The Morgan fingerprint density at radius 1 is 0.696 bits per heavy atom. The standard InChI is InChI=1S/C16H18O4S3/c17-23(18,19-11-13-21-15-7-3-1-4-8-15)20-12-14-22-16-9-5-2-6-10-16/h1-10H,11-14H2. The van der Waals surface area contributed by atoms with Crippen molar-refractivity contribution in [2.24, 2.45) is 0 Å². The topological polar surface area (TPSA) is 52.6 Å². The van der Waals surface area contributed by atoms with Crippen LogP contribution in [0.2, 0.25) is 0 Å². The molecular weight excluding hydrogens is 352 g/mol. The first-order valence-electron chi connectivity index (χ1n) is 7.05. The summed E-state index contributed by atoms with van der Waals surface area (Å²) >= 11 is 3.08. The van der Waals surface area contributed by atoms with Crippen LogP contribution < -0.4 is 0 Å². The second-order valence-electron chi connectivity index (χ2n) is 4.38. The summed E-state index contributed by atoms with van der Waals surface area (Å²) in [5.74, 6) is 1.09. The van der Waals surface area contributed by atoms with Gasteiger partial charge in [0, 0.05) is 21.3 Å². The molecule has 7 heteroatoms. The van der Waals surface area contributed by atoms with Crippen molar-refractivity contribution >= 4 is 33.9 Å². The summed E-state index contributed by atoms with van der Waals surface area (Å²) in [5.41, 5.74) is 0. The third-order valence-corrected chi connectivity index (χ3v) is 5.51. The van der Waals surface area contributed by atoms with Gasteiger partial charge in [-0.15, -0.1) is 23.5 Å². The van der Waals surface area contributed by atoms with Gasteiger partial charge in [0.05, 0.1) is 13.2 Å². The summed E-state index contributed by atoms with van der Waals surface area (Å²) in [6.07, 6.45) is 0. The van der Waals surface area contributed by atoms with E-state index in [0.717, 1.165) is 9.79 Å². The van der Waals surface area contributed by atoms with Gasteiger partial charge in [0.1, 0.15) is 0 Å². The van der Waals surface area contributed by atoms with Crippen LogP contribution in [0.5, 0.6) is 0 Å². The highest BCUT2D eigenvalue weighted by Crippen LogP contribution is 2.18. The zero-order valence-electron chi connectivity index (χ0n) is 12.5. The number of benzene rings is 2. The zero-order chi connectivity index (χ0) is 16.4. The van der Waals surface area contributed by atoms with Crippen LogP contribution in [0.3, 0.4) is 0 Å². The van der Waals surface area contributed by atoms with Gasteiger partial charge in [0.15, 0.2) is 0 Å². The van der Waals surface area contributed by atoms with Crippen LogP contribution >= 0.6 is 23.5 Å². The molecule has 2 aromatic carbocycles. The van der Waals surface area contributed by atoms with E-state index < -0.39 is 10.4 Å². The minimum atomic E-state index is -3.92. The Morgan fingerprint density at radius 3 is 1.48 bits per heavy atom. The normalized spacial score (nSPS) is 11.5. The average molecular weight is 371 g/mol. The Hall–Kier alpha value is -0.990. The summed E-state index contributed by atoms with van der Waals surface area (Å²) in [4.78, 5) is 2.15. The van der Waals surface area contributed by atoms with Crippen molar-refractivity contribution < 1.29 is 16.8 Å². The monoisotopic (exact) mass is 370 g/mol. The highest BCUT2D eigenvalue weighted by atomic mass is 32.3. The van der Waals surface area contributed by atoms with Crippen LogP contribution in [-0.4, -0.2) is 33.1 Å². The van der Waals surface area contributed by atoms with E-state index in [1.165, 1.54) is 23.5 Å². The number of rotatable bonds is 10. The molecule has 0 amide bonds.